The summed E-state index contributed by atoms with van der Waals surface area (Å²) in [6.45, 7) is 2.05. The number of ether oxygens (including phenoxy) is 1. The second-order valence-electron chi connectivity index (χ2n) is 3.59. The lowest BCUT2D eigenvalue weighted by atomic mass is 10.1. The fourth-order valence-electron chi connectivity index (χ4n) is 1.84. The quantitative estimate of drug-likeness (QED) is 0.787. The zero-order chi connectivity index (χ0) is 11.5. The zero-order valence-electron chi connectivity index (χ0n) is 9.04. The Hall–Kier alpha value is -1.17. The van der Waals surface area contributed by atoms with E-state index >= 15 is 0 Å². The Balaban J connectivity index is 2.31. The predicted molar refractivity (Wildman–Crippen MR) is 61.8 cm³/mol. The van der Waals surface area contributed by atoms with Gasteiger partial charge in [-0.1, -0.05) is 0 Å². The van der Waals surface area contributed by atoms with Crippen LogP contribution in [0.15, 0.2) is 4.79 Å². The highest BCUT2D eigenvalue weighted by atomic mass is 32.2. The van der Waals surface area contributed by atoms with Crippen LogP contribution in [0.25, 0.3) is 0 Å². The number of H-pyrrole nitrogens is 2. The molecule has 1 fully saturated rings. The van der Waals surface area contributed by atoms with E-state index in [0.717, 1.165) is 18.6 Å². The van der Waals surface area contributed by atoms with Crippen molar-refractivity contribution in [2.75, 3.05) is 12.4 Å². The summed E-state index contributed by atoms with van der Waals surface area (Å²) in [5.41, 5.74) is 0.620. The first-order valence-corrected chi connectivity index (χ1v) is 6.38. The summed E-state index contributed by atoms with van der Waals surface area (Å²) < 4.78 is 4.90. The van der Waals surface area contributed by atoms with Crippen molar-refractivity contribution >= 4 is 17.7 Å². The van der Waals surface area contributed by atoms with Crippen molar-refractivity contribution in [3.8, 4) is 0 Å². The Morgan fingerprint density at radius 1 is 1.56 bits per heavy atom. The fraction of sp³-hybridized carbons (Fsp3) is 0.600. The van der Waals surface area contributed by atoms with Crippen molar-refractivity contribution in [1.29, 1.82) is 0 Å². The van der Waals surface area contributed by atoms with Gasteiger partial charge in [-0.2, -0.15) is 11.8 Å². The monoisotopic (exact) mass is 242 g/mol. The first-order chi connectivity index (χ1) is 7.74. The van der Waals surface area contributed by atoms with Gasteiger partial charge < -0.3 is 4.74 Å². The highest BCUT2D eigenvalue weighted by Gasteiger charge is 2.28. The molecule has 1 atom stereocenters. The number of hydrogen-bond acceptors (Lipinski definition) is 4. The van der Waals surface area contributed by atoms with Crippen LogP contribution in [-0.4, -0.2) is 28.5 Å². The minimum atomic E-state index is -0.455. The van der Waals surface area contributed by atoms with E-state index in [1.165, 1.54) is 0 Å². The highest BCUT2D eigenvalue weighted by molar-refractivity contribution is 7.99. The second-order valence-corrected chi connectivity index (χ2v) is 4.90. The van der Waals surface area contributed by atoms with Crippen molar-refractivity contribution in [2.45, 2.75) is 25.0 Å². The summed E-state index contributed by atoms with van der Waals surface area (Å²) in [6.07, 6.45) is 2.03. The van der Waals surface area contributed by atoms with Crippen LogP contribution < -0.4 is 5.56 Å². The van der Waals surface area contributed by atoms with Crippen LogP contribution in [0, 0.1) is 0 Å². The van der Waals surface area contributed by atoms with E-state index in [4.69, 9.17) is 4.74 Å². The van der Waals surface area contributed by atoms with E-state index < -0.39 is 5.97 Å². The average molecular weight is 242 g/mol. The molecule has 1 aromatic rings. The zero-order valence-corrected chi connectivity index (χ0v) is 9.86. The van der Waals surface area contributed by atoms with Crippen molar-refractivity contribution in [2.24, 2.45) is 0 Å². The van der Waals surface area contributed by atoms with Gasteiger partial charge >= 0.3 is 5.97 Å². The van der Waals surface area contributed by atoms with E-state index in [9.17, 15) is 9.59 Å². The Morgan fingerprint density at radius 2 is 2.38 bits per heavy atom. The molecule has 2 N–H and O–H groups in total. The van der Waals surface area contributed by atoms with Crippen LogP contribution in [0.3, 0.4) is 0 Å². The molecule has 1 aliphatic heterocycles. The number of nitrogens with one attached hydrogen (secondary N) is 2. The van der Waals surface area contributed by atoms with Crippen molar-refractivity contribution < 1.29 is 9.53 Å². The average Bonchev–Trinajstić information content (AvgIpc) is 2.86. The molecule has 5 nitrogen and oxygen atoms in total. The number of aromatic nitrogens is 2. The molecule has 2 rings (SSSR count). The van der Waals surface area contributed by atoms with Gasteiger partial charge in [0.25, 0.3) is 5.56 Å². The molecule has 0 bridgehead atoms. The van der Waals surface area contributed by atoms with Gasteiger partial charge in [0.1, 0.15) is 5.69 Å². The van der Waals surface area contributed by atoms with Crippen LogP contribution in [0.4, 0.5) is 0 Å². The van der Waals surface area contributed by atoms with Gasteiger partial charge in [0, 0.05) is 5.25 Å². The number of rotatable bonds is 3. The molecule has 6 heteroatoms. The van der Waals surface area contributed by atoms with Crippen LogP contribution in [0.2, 0.25) is 0 Å². The second kappa shape index (κ2) is 4.78. The molecule has 1 saturated heterocycles. The third-order valence-corrected chi connectivity index (χ3v) is 3.94. The Kier molecular flexibility index (Phi) is 3.38. The molecule has 16 heavy (non-hydrogen) atoms. The van der Waals surface area contributed by atoms with Gasteiger partial charge in [-0.05, 0) is 25.5 Å². The predicted octanol–water partition coefficient (Wildman–Crippen LogP) is 1.45. The Morgan fingerprint density at radius 3 is 3.00 bits per heavy atom. The summed E-state index contributed by atoms with van der Waals surface area (Å²) in [6, 6.07) is 0. The van der Waals surface area contributed by atoms with Gasteiger partial charge in [0.2, 0.25) is 0 Å². The molecule has 0 aliphatic carbocycles. The van der Waals surface area contributed by atoms with Gasteiger partial charge in [-0.15, -0.1) is 0 Å². The molecule has 1 aromatic heterocycles. The molecular formula is C10H14N2O3S. The van der Waals surface area contributed by atoms with Crippen molar-refractivity contribution in [3.63, 3.8) is 0 Å². The molecule has 0 spiro atoms. The summed E-state index contributed by atoms with van der Waals surface area (Å²) in [7, 11) is 0. The van der Waals surface area contributed by atoms with Crippen LogP contribution in [-0.2, 0) is 4.74 Å². The fourth-order valence-corrected chi connectivity index (χ4v) is 3.19. The number of aromatic amines is 2. The summed E-state index contributed by atoms with van der Waals surface area (Å²) >= 11 is 1.72. The van der Waals surface area contributed by atoms with E-state index in [2.05, 4.69) is 10.2 Å². The maximum Gasteiger partial charge on any atom is 0.356 e. The largest absolute Gasteiger partial charge is 0.461 e. The summed E-state index contributed by atoms with van der Waals surface area (Å²) in [4.78, 5) is 23.2. The lowest BCUT2D eigenvalue weighted by Gasteiger charge is -2.07. The van der Waals surface area contributed by atoms with Gasteiger partial charge in [-0.3, -0.25) is 15.0 Å². The first kappa shape index (κ1) is 11.3. The van der Waals surface area contributed by atoms with E-state index in [1.807, 2.05) is 0 Å². The molecule has 1 aliphatic rings. The molecule has 88 valence electrons. The van der Waals surface area contributed by atoms with E-state index in [0.29, 0.717) is 12.2 Å². The standard InChI is InChI=1S/C10H14N2O3S/c1-2-15-10(14)8-7(9(13)12-11-8)6-4-3-5-16-6/h6H,2-5H2,1H3,(H2,11,12,13). The molecule has 0 saturated carbocycles. The Labute approximate surface area is 96.9 Å². The van der Waals surface area contributed by atoms with E-state index in [-0.39, 0.29) is 16.5 Å². The molecule has 1 unspecified atom stereocenters. The van der Waals surface area contributed by atoms with Crippen LogP contribution >= 0.6 is 11.8 Å². The summed E-state index contributed by atoms with van der Waals surface area (Å²) in [5, 5.41) is 5.19. The lowest BCUT2D eigenvalue weighted by Crippen LogP contribution is -2.13. The maximum atomic E-state index is 11.6. The van der Waals surface area contributed by atoms with Gasteiger partial charge in [0.15, 0.2) is 0 Å². The number of carbonyl (C=O) groups excluding carboxylic acids is 1. The SMILES string of the molecule is CCOC(=O)c1[nH][nH]c(=O)c1C1CCCS1. The minimum Gasteiger partial charge on any atom is -0.461 e. The molecule has 0 aromatic carbocycles. The first-order valence-electron chi connectivity index (χ1n) is 5.33. The van der Waals surface area contributed by atoms with Crippen molar-refractivity contribution in [1.82, 2.24) is 10.2 Å². The number of hydrogen-bond donors (Lipinski definition) is 2. The Bertz CT molecular complexity index is 432. The normalized spacial score (nSPS) is 19.9. The van der Waals surface area contributed by atoms with E-state index in [1.54, 1.807) is 18.7 Å². The third kappa shape index (κ3) is 2.02. The van der Waals surface area contributed by atoms with Crippen molar-refractivity contribution in [3.05, 3.63) is 21.6 Å². The number of carbonyl (C=O) groups is 1. The highest BCUT2D eigenvalue weighted by Crippen LogP contribution is 2.39. The van der Waals surface area contributed by atoms with Crippen LogP contribution in [0.5, 0.6) is 0 Å². The van der Waals surface area contributed by atoms with Crippen LogP contribution in [0.1, 0.15) is 41.1 Å². The molecule has 0 amide bonds. The number of thioether (sulfide) groups is 1. The molecular weight excluding hydrogens is 228 g/mol. The third-order valence-electron chi connectivity index (χ3n) is 2.55. The topological polar surface area (TPSA) is 75.0 Å². The summed E-state index contributed by atoms with van der Waals surface area (Å²) in [5.74, 6) is 0.584. The number of esters is 1. The maximum absolute atomic E-state index is 11.6. The molecule has 0 radical (unpaired) electrons. The van der Waals surface area contributed by atoms with Gasteiger partial charge in [0.05, 0.1) is 12.2 Å². The molecule has 2 heterocycles. The van der Waals surface area contributed by atoms with Gasteiger partial charge in [-0.25, -0.2) is 4.79 Å². The lowest BCUT2D eigenvalue weighted by molar-refractivity contribution is 0.0518. The smallest absolute Gasteiger partial charge is 0.356 e. The minimum absolute atomic E-state index is 0.120.